The Bertz CT molecular complexity index is 1290. The van der Waals surface area contributed by atoms with Gasteiger partial charge in [0.25, 0.3) is 5.89 Å². The molecule has 2 aromatic heterocycles. The van der Waals surface area contributed by atoms with Crippen molar-refractivity contribution in [2.24, 2.45) is 0 Å². The first-order valence-electron chi connectivity index (χ1n) is 9.53. The Labute approximate surface area is 190 Å². The van der Waals surface area contributed by atoms with Crippen LogP contribution < -0.4 is 11.1 Å². The molecule has 0 spiro atoms. The molecule has 2 heterocycles. The van der Waals surface area contributed by atoms with Crippen molar-refractivity contribution in [3.05, 3.63) is 60.2 Å². The Hall–Kier alpha value is -3.80. The molecule has 0 unspecified atom stereocenters. The normalized spacial score (nSPS) is 11.5. The van der Waals surface area contributed by atoms with Gasteiger partial charge in [-0.05, 0) is 24.5 Å². The van der Waals surface area contributed by atoms with E-state index in [0.29, 0.717) is 16.4 Å². The van der Waals surface area contributed by atoms with Crippen LogP contribution >= 0.6 is 11.8 Å². The number of nitrogens with one attached hydrogen (secondary N) is 1. The highest BCUT2D eigenvalue weighted by molar-refractivity contribution is 7.98. The quantitative estimate of drug-likeness (QED) is 0.394. The number of thioether (sulfide) groups is 1. The van der Waals surface area contributed by atoms with Gasteiger partial charge >= 0.3 is 6.18 Å². The van der Waals surface area contributed by atoms with Gasteiger partial charge in [0, 0.05) is 11.3 Å². The minimum atomic E-state index is -4.52. The average Bonchev–Trinajstić information content (AvgIpc) is 3.38. The van der Waals surface area contributed by atoms with Gasteiger partial charge in [-0.2, -0.15) is 23.3 Å². The van der Waals surface area contributed by atoms with Crippen molar-refractivity contribution >= 4 is 29.2 Å². The van der Waals surface area contributed by atoms with Crippen LogP contribution in [-0.2, 0) is 17.5 Å². The van der Waals surface area contributed by atoms with E-state index in [2.05, 4.69) is 20.6 Å². The van der Waals surface area contributed by atoms with Gasteiger partial charge < -0.3 is 15.6 Å². The number of hydrogen-bond acceptors (Lipinski definition) is 7. The van der Waals surface area contributed by atoms with E-state index in [0.717, 1.165) is 17.7 Å². The van der Waals surface area contributed by atoms with Gasteiger partial charge in [-0.3, -0.25) is 4.79 Å². The molecule has 0 fully saturated rings. The third-order valence-corrected chi connectivity index (χ3v) is 5.26. The summed E-state index contributed by atoms with van der Waals surface area (Å²) in [6.07, 6.45) is -2.75. The van der Waals surface area contributed by atoms with E-state index in [1.165, 1.54) is 28.6 Å². The molecule has 3 N–H and O–H groups in total. The van der Waals surface area contributed by atoms with E-state index in [1.54, 1.807) is 6.26 Å². The van der Waals surface area contributed by atoms with Crippen LogP contribution in [0.4, 0.5) is 24.7 Å². The lowest BCUT2D eigenvalue weighted by Crippen LogP contribution is -2.21. The van der Waals surface area contributed by atoms with Crippen LogP contribution in [0.5, 0.6) is 0 Å². The maximum atomic E-state index is 12.9. The Kier molecular flexibility index (Phi) is 6.09. The molecule has 0 radical (unpaired) electrons. The van der Waals surface area contributed by atoms with Gasteiger partial charge in [0.2, 0.25) is 11.7 Å². The first-order chi connectivity index (χ1) is 15.8. The van der Waals surface area contributed by atoms with Gasteiger partial charge in [0.15, 0.2) is 0 Å². The monoisotopic (exact) mass is 474 g/mol. The molecule has 0 saturated carbocycles. The lowest BCUT2D eigenvalue weighted by molar-refractivity contribution is -0.137. The summed E-state index contributed by atoms with van der Waals surface area (Å²) in [6, 6.07) is 13.6. The van der Waals surface area contributed by atoms with Crippen molar-refractivity contribution in [3.8, 4) is 22.8 Å². The number of carbonyl (C=O) groups is 1. The molecular weight excluding hydrogens is 457 g/mol. The molecule has 33 heavy (non-hydrogen) atoms. The second-order valence-electron chi connectivity index (χ2n) is 6.84. The zero-order valence-corrected chi connectivity index (χ0v) is 17.9. The maximum Gasteiger partial charge on any atom is 0.416 e. The van der Waals surface area contributed by atoms with E-state index in [1.807, 2.05) is 30.3 Å². The van der Waals surface area contributed by atoms with E-state index in [4.69, 9.17) is 10.3 Å². The molecule has 1 amide bonds. The fourth-order valence-electron chi connectivity index (χ4n) is 3.06. The summed E-state index contributed by atoms with van der Waals surface area (Å²) in [5.74, 6) is 0.0207. The summed E-state index contributed by atoms with van der Waals surface area (Å²) in [5, 5.41) is 11.2. The van der Waals surface area contributed by atoms with Gasteiger partial charge in [-0.1, -0.05) is 41.6 Å². The molecule has 12 heteroatoms. The number of alkyl halides is 3. The number of aromatic nitrogens is 4. The number of nitrogens with two attached hydrogens (primary N) is 1. The zero-order chi connectivity index (χ0) is 23.6. The van der Waals surface area contributed by atoms with Crippen molar-refractivity contribution in [1.29, 1.82) is 0 Å². The minimum Gasteiger partial charge on any atom is -0.383 e. The van der Waals surface area contributed by atoms with Crippen LogP contribution in [0.15, 0.2) is 64.1 Å². The fraction of sp³-hybridized carbons (Fsp3) is 0.143. The van der Waals surface area contributed by atoms with Gasteiger partial charge in [-0.15, -0.1) is 11.8 Å². The Balaban J connectivity index is 1.56. The van der Waals surface area contributed by atoms with E-state index in [9.17, 15) is 18.0 Å². The SMILES string of the molecule is CSc1nn(CC(=O)Nc2cccc(C(F)(F)F)c2)c(N)c1-c1nc(-c2ccccc2)no1. The van der Waals surface area contributed by atoms with Crippen LogP contribution in [0.2, 0.25) is 0 Å². The van der Waals surface area contributed by atoms with Crippen molar-refractivity contribution in [2.45, 2.75) is 17.7 Å². The molecule has 0 bridgehead atoms. The molecule has 0 aliphatic heterocycles. The molecule has 170 valence electrons. The molecule has 4 aromatic rings. The Morgan fingerprint density at radius 3 is 2.64 bits per heavy atom. The second-order valence-corrected chi connectivity index (χ2v) is 7.64. The van der Waals surface area contributed by atoms with E-state index >= 15 is 0 Å². The van der Waals surface area contributed by atoms with Crippen LogP contribution in [-0.4, -0.2) is 32.1 Å². The van der Waals surface area contributed by atoms with Crippen LogP contribution in [0.1, 0.15) is 5.56 Å². The molecule has 4 rings (SSSR count). The first-order valence-corrected chi connectivity index (χ1v) is 10.8. The molecule has 2 aromatic carbocycles. The number of nitrogens with zero attached hydrogens (tertiary/aromatic N) is 4. The highest BCUT2D eigenvalue weighted by Crippen LogP contribution is 2.35. The summed E-state index contributed by atoms with van der Waals surface area (Å²) in [6.45, 7) is -0.324. The van der Waals surface area contributed by atoms with Crippen molar-refractivity contribution in [3.63, 3.8) is 0 Å². The van der Waals surface area contributed by atoms with E-state index in [-0.39, 0.29) is 23.9 Å². The van der Waals surface area contributed by atoms with Crippen LogP contribution in [0.25, 0.3) is 22.8 Å². The van der Waals surface area contributed by atoms with Crippen LogP contribution in [0.3, 0.4) is 0 Å². The number of carbonyl (C=O) groups excluding carboxylic acids is 1. The fourth-order valence-corrected chi connectivity index (χ4v) is 3.63. The highest BCUT2D eigenvalue weighted by atomic mass is 32.2. The smallest absolute Gasteiger partial charge is 0.383 e. The van der Waals surface area contributed by atoms with Crippen molar-refractivity contribution < 1.29 is 22.5 Å². The molecule has 0 aliphatic rings. The third kappa shape index (κ3) is 4.85. The molecule has 0 atom stereocenters. The maximum absolute atomic E-state index is 12.9. The predicted molar refractivity (Wildman–Crippen MR) is 117 cm³/mol. The van der Waals surface area contributed by atoms with Gasteiger partial charge in [0.05, 0.1) is 5.56 Å². The lowest BCUT2D eigenvalue weighted by atomic mass is 10.2. The van der Waals surface area contributed by atoms with Gasteiger partial charge in [-0.25, -0.2) is 4.68 Å². The van der Waals surface area contributed by atoms with Gasteiger partial charge in [0.1, 0.15) is 23.0 Å². The van der Waals surface area contributed by atoms with Crippen molar-refractivity contribution in [2.75, 3.05) is 17.3 Å². The average molecular weight is 474 g/mol. The molecular formula is C21H17F3N6O2S. The summed E-state index contributed by atoms with van der Waals surface area (Å²) in [5.41, 5.74) is 6.49. The third-order valence-electron chi connectivity index (χ3n) is 4.59. The number of nitrogen functional groups attached to an aromatic ring is 1. The van der Waals surface area contributed by atoms with Crippen molar-refractivity contribution in [1.82, 2.24) is 19.9 Å². The number of amides is 1. The number of hydrogen-bond donors (Lipinski definition) is 2. The number of halogens is 3. The molecule has 0 aliphatic carbocycles. The number of anilines is 2. The number of rotatable bonds is 6. The predicted octanol–water partition coefficient (Wildman–Crippen LogP) is 4.56. The number of benzene rings is 2. The first kappa shape index (κ1) is 22.4. The molecule has 8 nitrogen and oxygen atoms in total. The Morgan fingerprint density at radius 2 is 1.94 bits per heavy atom. The molecule has 0 saturated heterocycles. The topological polar surface area (TPSA) is 112 Å². The second kappa shape index (κ2) is 8.98. The summed E-state index contributed by atoms with van der Waals surface area (Å²) < 4.78 is 45.3. The van der Waals surface area contributed by atoms with Crippen LogP contribution in [0, 0.1) is 0 Å². The van der Waals surface area contributed by atoms with E-state index < -0.39 is 17.6 Å². The lowest BCUT2D eigenvalue weighted by Gasteiger charge is -2.10. The summed E-state index contributed by atoms with van der Waals surface area (Å²) >= 11 is 1.27. The largest absolute Gasteiger partial charge is 0.416 e. The highest BCUT2D eigenvalue weighted by Gasteiger charge is 2.30. The Morgan fingerprint density at radius 1 is 1.18 bits per heavy atom. The minimum absolute atomic E-state index is 0.00951. The summed E-state index contributed by atoms with van der Waals surface area (Å²) in [7, 11) is 0. The summed E-state index contributed by atoms with van der Waals surface area (Å²) in [4.78, 5) is 16.8. The standard InChI is InChI=1S/C21H17F3N6O2S/c1-33-20-16(19-27-18(29-32-19)12-6-3-2-4-7-12)17(25)30(28-20)11-15(31)26-14-9-5-8-13(10-14)21(22,23)24/h2-10H,11,25H2,1H3,(H,26,31). The zero-order valence-electron chi connectivity index (χ0n) is 17.1.